The van der Waals surface area contributed by atoms with Crippen LogP contribution in [0.2, 0.25) is 0 Å². The monoisotopic (exact) mass is 162 g/mol. The van der Waals surface area contributed by atoms with Crippen molar-refractivity contribution in [2.24, 2.45) is 9.98 Å². The average Bonchev–Trinajstić information content (AvgIpc) is 2.04. The van der Waals surface area contributed by atoms with Gasteiger partial charge in [-0.15, -0.1) is 0 Å². The number of carbonyl (C=O) groups excluding carboxylic acids is 2. The van der Waals surface area contributed by atoms with E-state index in [2.05, 4.69) is 9.98 Å². The molecular weight excluding hydrogens is 156 g/mol. The number of hydrogen-bond donors (Lipinski definition) is 0. The molecule has 60 valence electrons. The Bertz CT molecular complexity index is 318. The molecule has 0 atom stereocenters. The summed E-state index contributed by atoms with van der Waals surface area (Å²) >= 11 is 0. The minimum Gasteiger partial charge on any atom is -0.293 e. The second-order valence-corrected chi connectivity index (χ2v) is 2.58. The van der Waals surface area contributed by atoms with Gasteiger partial charge < -0.3 is 0 Å². The normalized spacial score (nSPS) is 21.7. The molecule has 0 saturated carbocycles. The first kappa shape index (κ1) is 7.09. The van der Waals surface area contributed by atoms with Crippen LogP contribution in [0.5, 0.6) is 0 Å². The van der Waals surface area contributed by atoms with E-state index in [9.17, 15) is 9.59 Å². The molecule has 4 heteroatoms. The Hall–Kier alpha value is -1.58. The van der Waals surface area contributed by atoms with Gasteiger partial charge in [0.25, 0.3) is 0 Å². The van der Waals surface area contributed by atoms with Gasteiger partial charge in [-0.1, -0.05) is 0 Å². The van der Waals surface area contributed by atoms with Crippen LogP contribution < -0.4 is 0 Å². The van der Waals surface area contributed by atoms with Crippen LogP contribution in [0.15, 0.2) is 21.4 Å². The third-order valence-corrected chi connectivity index (χ3v) is 1.76. The number of hydrogen-bond acceptors (Lipinski definition) is 4. The average molecular weight is 162 g/mol. The maximum Gasteiger partial charge on any atom is 0.175 e. The number of carbonyl (C=O) groups is 2. The summed E-state index contributed by atoms with van der Waals surface area (Å²) in [6.07, 6.45) is 3.41. The molecular formula is C8H6N2O2. The van der Waals surface area contributed by atoms with Crippen molar-refractivity contribution >= 4 is 24.0 Å². The standard InChI is InChI=1S/C8H6N2O2/c11-5-1-3-9-8-7(5)6(12)2-4-10-8/h3-4H,1-2H2. The number of nitrogens with zero attached hydrogens (tertiary/aromatic N) is 2. The number of rotatable bonds is 0. The van der Waals surface area contributed by atoms with E-state index >= 15 is 0 Å². The van der Waals surface area contributed by atoms with Gasteiger partial charge in [-0.05, 0) is 0 Å². The molecule has 2 aliphatic rings. The highest BCUT2D eigenvalue weighted by Crippen LogP contribution is 2.19. The summed E-state index contributed by atoms with van der Waals surface area (Å²) < 4.78 is 0. The van der Waals surface area contributed by atoms with Crippen molar-refractivity contribution in [2.75, 3.05) is 0 Å². The zero-order chi connectivity index (χ0) is 8.55. The summed E-state index contributed by atoms with van der Waals surface area (Å²) in [5, 5.41) is 0. The van der Waals surface area contributed by atoms with Gasteiger partial charge in [-0.2, -0.15) is 0 Å². The van der Waals surface area contributed by atoms with Crippen LogP contribution in [0.3, 0.4) is 0 Å². The van der Waals surface area contributed by atoms with E-state index in [0.29, 0.717) is 0 Å². The molecule has 0 bridgehead atoms. The predicted octanol–water partition coefficient (Wildman–Crippen LogP) is 0.285. The molecule has 0 aromatic heterocycles. The molecule has 2 rings (SSSR count). The summed E-state index contributed by atoms with van der Waals surface area (Å²) in [6, 6.07) is 0. The van der Waals surface area contributed by atoms with E-state index in [1.807, 2.05) is 0 Å². The van der Waals surface area contributed by atoms with Gasteiger partial charge in [0.05, 0.1) is 0 Å². The van der Waals surface area contributed by atoms with Gasteiger partial charge in [0, 0.05) is 25.3 Å². The van der Waals surface area contributed by atoms with E-state index < -0.39 is 0 Å². The Balaban J connectivity index is 2.54. The maximum atomic E-state index is 11.2. The molecule has 0 aliphatic carbocycles. The van der Waals surface area contributed by atoms with E-state index in [0.717, 1.165) is 0 Å². The highest BCUT2D eigenvalue weighted by molar-refractivity contribution is 6.27. The van der Waals surface area contributed by atoms with Crippen molar-refractivity contribution in [2.45, 2.75) is 12.8 Å². The lowest BCUT2D eigenvalue weighted by Gasteiger charge is -2.11. The molecule has 0 aromatic carbocycles. The lowest BCUT2D eigenvalue weighted by Crippen LogP contribution is -2.20. The lowest BCUT2D eigenvalue weighted by atomic mass is 9.99. The van der Waals surface area contributed by atoms with Gasteiger partial charge in [0.2, 0.25) is 0 Å². The quantitative estimate of drug-likeness (QED) is 0.480. The Kier molecular flexibility index (Phi) is 1.46. The number of aliphatic imine (C=N–C) groups is 2. The zero-order valence-corrected chi connectivity index (χ0v) is 6.28. The van der Waals surface area contributed by atoms with Gasteiger partial charge in [-0.25, -0.2) is 9.98 Å². The van der Waals surface area contributed by atoms with Crippen LogP contribution in [-0.2, 0) is 9.59 Å². The third-order valence-electron chi connectivity index (χ3n) is 1.76. The molecule has 0 aromatic rings. The SMILES string of the molecule is O=C1CC=NC2=C1C(=O)CC=N2. The Morgan fingerprint density at radius 2 is 1.50 bits per heavy atom. The van der Waals surface area contributed by atoms with E-state index in [4.69, 9.17) is 0 Å². The first-order valence-electron chi connectivity index (χ1n) is 3.65. The van der Waals surface area contributed by atoms with E-state index in [1.165, 1.54) is 12.4 Å². The number of allylic oxidation sites excluding steroid dienone is 1. The summed E-state index contributed by atoms with van der Waals surface area (Å²) in [4.78, 5) is 30.1. The summed E-state index contributed by atoms with van der Waals surface area (Å²) in [6.45, 7) is 0. The molecule has 0 radical (unpaired) electrons. The molecule has 2 aliphatic heterocycles. The maximum absolute atomic E-state index is 11.2. The number of Topliss-reactive ketones (excluding diaryl/α,β-unsaturated/α-hetero) is 2. The molecule has 0 spiro atoms. The molecule has 0 fully saturated rings. The van der Waals surface area contributed by atoms with Gasteiger partial charge in [-0.3, -0.25) is 9.59 Å². The Morgan fingerprint density at radius 1 is 1.00 bits per heavy atom. The smallest absolute Gasteiger partial charge is 0.175 e. The fourth-order valence-corrected chi connectivity index (χ4v) is 1.20. The lowest BCUT2D eigenvalue weighted by molar-refractivity contribution is -0.120. The first-order valence-corrected chi connectivity index (χ1v) is 3.65. The van der Waals surface area contributed by atoms with Gasteiger partial charge in [0.1, 0.15) is 5.57 Å². The Labute approximate surface area is 68.7 Å². The molecule has 4 nitrogen and oxygen atoms in total. The van der Waals surface area contributed by atoms with Crippen LogP contribution >= 0.6 is 0 Å². The van der Waals surface area contributed by atoms with Crippen molar-refractivity contribution in [1.29, 1.82) is 0 Å². The van der Waals surface area contributed by atoms with Gasteiger partial charge in [0.15, 0.2) is 17.4 Å². The van der Waals surface area contributed by atoms with Crippen LogP contribution in [0.4, 0.5) is 0 Å². The summed E-state index contributed by atoms with van der Waals surface area (Å²) in [5.74, 6) is -0.0498. The third kappa shape index (κ3) is 0.922. The van der Waals surface area contributed by atoms with Crippen molar-refractivity contribution in [3.63, 3.8) is 0 Å². The molecule has 12 heavy (non-hydrogen) atoms. The molecule has 0 amide bonds. The molecule has 0 unspecified atom stereocenters. The van der Waals surface area contributed by atoms with Crippen LogP contribution in [0.25, 0.3) is 0 Å². The first-order chi connectivity index (χ1) is 5.79. The fourth-order valence-electron chi connectivity index (χ4n) is 1.20. The number of ketones is 2. The molecule has 0 saturated heterocycles. The van der Waals surface area contributed by atoms with Crippen LogP contribution in [-0.4, -0.2) is 24.0 Å². The van der Waals surface area contributed by atoms with Crippen LogP contribution in [0, 0.1) is 0 Å². The highest BCUT2D eigenvalue weighted by atomic mass is 16.1. The molecule has 2 heterocycles. The topological polar surface area (TPSA) is 58.9 Å². The van der Waals surface area contributed by atoms with Crippen molar-refractivity contribution in [3.05, 3.63) is 11.4 Å². The van der Waals surface area contributed by atoms with Crippen molar-refractivity contribution in [1.82, 2.24) is 0 Å². The summed E-state index contributed by atoms with van der Waals surface area (Å²) in [7, 11) is 0. The second-order valence-electron chi connectivity index (χ2n) is 2.58. The highest BCUT2D eigenvalue weighted by Gasteiger charge is 2.26. The van der Waals surface area contributed by atoms with Crippen molar-refractivity contribution < 1.29 is 9.59 Å². The predicted molar refractivity (Wildman–Crippen MR) is 43.3 cm³/mol. The fraction of sp³-hybridized carbons (Fsp3) is 0.250. The minimum absolute atomic E-state index is 0.165. The second kappa shape index (κ2) is 2.48. The van der Waals surface area contributed by atoms with E-state index in [1.54, 1.807) is 0 Å². The largest absolute Gasteiger partial charge is 0.293 e. The van der Waals surface area contributed by atoms with Crippen molar-refractivity contribution in [3.8, 4) is 0 Å². The Morgan fingerprint density at radius 3 is 1.92 bits per heavy atom. The van der Waals surface area contributed by atoms with Crippen LogP contribution in [0.1, 0.15) is 12.8 Å². The van der Waals surface area contributed by atoms with Gasteiger partial charge >= 0.3 is 0 Å². The minimum atomic E-state index is -0.165. The molecule has 0 N–H and O–H groups in total. The van der Waals surface area contributed by atoms with E-state index in [-0.39, 0.29) is 35.8 Å². The zero-order valence-electron chi connectivity index (χ0n) is 6.28. The summed E-state index contributed by atoms with van der Waals surface area (Å²) in [5.41, 5.74) is 0.181.